The lowest BCUT2D eigenvalue weighted by Crippen LogP contribution is -2.16. The first-order chi connectivity index (χ1) is 9.26. The minimum Gasteiger partial charge on any atom is -0.312 e. The molecular weight excluding hydrogens is 276 g/mol. The second-order valence-corrected chi connectivity index (χ2v) is 6.17. The zero-order valence-corrected chi connectivity index (χ0v) is 13.0. The highest BCUT2D eigenvalue weighted by molar-refractivity contribution is 8.01. The Hall–Kier alpha value is -0.980. The number of rotatable bonds is 6. The molecule has 4 nitrogen and oxygen atoms in total. The molecule has 0 fully saturated rings. The van der Waals surface area contributed by atoms with Crippen molar-refractivity contribution in [2.75, 3.05) is 7.05 Å². The first-order valence-corrected chi connectivity index (χ1v) is 7.99. The molecule has 0 saturated heterocycles. The highest BCUT2D eigenvalue weighted by Crippen LogP contribution is 2.29. The number of hydrogen-bond donors (Lipinski definition) is 1. The monoisotopic (exact) mass is 294 g/mol. The average molecular weight is 294 g/mol. The van der Waals surface area contributed by atoms with Gasteiger partial charge < -0.3 is 5.32 Å². The van der Waals surface area contributed by atoms with E-state index >= 15 is 0 Å². The van der Waals surface area contributed by atoms with E-state index in [0.717, 1.165) is 33.6 Å². The third-order valence-corrected chi connectivity index (χ3v) is 4.61. The van der Waals surface area contributed by atoms with Gasteiger partial charge >= 0.3 is 0 Å². The third kappa shape index (κ3) is 3.75. The maximum Gasteiger partial charge on any atom is 0.174 e. The summed E-state index contributed by atoms with van der Waals surface area (Å²) in [5.74, 6) is 0.915. The van der Waals surface area contributed by atoms with E-state index in [2.05, 4.69) is 45.6 Å². The Bertz CT molecular complexity index is 506. The summed E-state index contributed by atoms with van der Waals surface area (Å²) < 4.78 is 5.26. The van der Waals surface area contributed by atoms with Gasteiger partial charge in [0, 0.05) is 23.6 Å². The zero-order chi connectivity index (χ0) is 13.7. The number of aromatic nitrogens is 3. The van der Waals surface area contributed by atoms with Crippen LogP contribution < -0.4 is 5.32 Å². The van der Waals surface area contributed by atoms with Gasteiger partial charge in [0.05, 0.1) is 5.69 Å². The minimum absolute atomic E-state index is 0.326. The first-order valence-electron chi connectivity index (χ1n) is 6.40. The molecule has 2 rings (SSSR count). The van der Waals surface area contributed by atoms with Crippen molar-refractivity contribution in [3.63, 3.8) is 0 Å². The van der Waals surface area contributed by atoms with E-state index in [1.165, 1.54) is 11.5 Å². The van der Waals surface area contributed by atoms with Gasteiger partial charge in [-0.05, 0) is 37.1 Å². The second-order valence-electron chi connectivity index (χ2n) is 4.10. The van der Waals surface area contributed by atoms with Crippen LogP contribution in [0.4, 0.5) is 0 Å². The highest BCUT2D eigenvalue weighted by atomic mass is 32.2. The molecule has 102 valence electrons. The van der Waals surface area contributed by atoms with Crippen LogP contribution in [0.1, 0.15) is 37.8 Å². The number of nitrogens with zero attached hydrogens (tertiary/aromatic N) is 3. The topological polar surface area (TPSA) is 50.7 Å². The zero-order valence-electron chi connectivity index (χ0n) is 11.4. The molecule has 2 aromatic rings. The summed E-state index contributed by atoms with van der Waals surface area (Å²) in [6.45, 7) is 4.22. The molecule has 0 amide bonds. The van der Waals surface area contributed by atoms with Gasteiger partial charge in [-0.2, -0.15) is 4.37 Å². The number of pyridine rings is 1. The maximum absolute atomic E-state index is 4.52. The number of nitrogens with one attached hydrogen (secondary N) is 1. The van der Waals surface area contributed by atoms with Gasteiger partial charge in [-0.3, -0.25) is 4.98 Å². The van der Waals surface area contributed by atoms with Crippen LogP contribution in [0.5, 0.6) is 0 Å². The van der Waals surface area contributed by atoms with Crippen molar-refractivity contribution >= 4 is 23.3 Å². The van der Waals surface area contributed by atoms with Crippen molar-refractivity contribution < 1.29 is 0 Å². The summed E-state index contributed by atoms with van der Waals surface area (Å²) in [5, 5.41) is 3.26. The predicted molar refractivity (Wildman–Crippen MR) is 79.7 cm³/mol. The molecule has 0 saturated carbocycles. The van der Waals surface area contributed by atoms with E-state index in [1.54, 1.807) is 11.8 Å². The van der Waals surface area contributed by atoms with Crippen molar-refractivity contribution in [2.45, 2.75) is 42.0 Å². The molecule has 0 aromatic carbocycles. The SMILES string of the molecule is CCc1nsc(Sc2ccc(C(CC)NC)nc2)n1. The van der Waals surface area contributed by atoms with Crippen molar-refractivity contribution in [3.8, 4) is 0 Å². The van der Waals surface area contributed by atoms with Crippen molar-refractivity contribution in [1.82, 2.24) is 19.7 Å². The molecule has 0 aliphatic carbocycles. The number of hydrogen-bond acceptors (Lipinski definition) is 6. The summed E-state index contributed by atoms with van der Waals surface area (Å²) in [6.07, 6.45) is 3.83. The molecule has 0 bridgehead atoms. The lowest BCUT2D eigenvalue weighted by atomic mass is 10.1. The average Bonchev–Trinajstić information content (AvgIpc) is 2.90. The lowest BCUT2D eigenvalue weighted by molar-refractivity contribution is 0.561. The molecule has 0 radical (unpaired) electrons. The fraction of sp³-hybridized carbons (Fsp3) is 0.462. The molecule has 0 aliphatic rings. The van der Waals surface area contributed by atoms with Gasteiger partial charge in [-0.25, -0.2) is 4.98 Å². The normalized spacial score (nSPS) is 12.6. The van der Waals surface area contributed by atoms with E-state index in [1.807, 2.05) is 13.2 Å². The van der Waals surface area contributed by atoms with E-state index < -0.39 is 0 Å². The Morgan fingerprint density at radius 2 is 2.21 bits per heavy atom. The molecule has 2 aromatic heterocycles. The van der Waals surface area contributed by atoms with E-state index in [9.17, 15) is 0 Å². The van der Waals surface area contributed by atoms with Crippen LogP contribution in [0.3, 0.4) is 0 Å². The van der Waals surface area contributed by atoms with Gasteiger partial charge in [-0.1, -0.05) is 25.6 Å². The van der Waals surface area contributed by atoms with E-state index in [-0.39, 0.29) is 0 Å². The number of aryl methyl sites for hydroxylation is 1. The molecule has 2 heterocycles. The maximum atomic E-state index is 4.52. The van der Waals surface area contributed by atoms with Crippen LogP contribution in [0.15, 0.2) is 27.6 Å². The van der Waals surface area contributed by atoms with Gasteiger partial charge in [0.1, 0.15) is 5.82 Å². The van der Waals surface area contributed by atoms with E-state index in [4.69, 9.17) is 0 Å². The molecule has 6 heteroatoms. The molecule has 1 N–H and O–H groups in total. The molecule has 1 unspecified atom stereocenters. The molecule has 1 atom stereocenters. The summed E-state index contributed by atoms with van der Waals surface area (Å²) in [6, 6.07) is 4.50. The van der Waals surface area contributed by atoms with Crippen LogP contribution in [0, 0.1) is 0 Å². The van der Waals surface area contributed by atoms with Crippen molar-refractivity contribution in [1.29, 1.82) is 0 Å². The first kappa shape index (κ1) is 14.4. The van der Waals surface area contributed by atoms with Crippen LogP contribution in [-0.2, 0) is 6.42 Å². The van der Waals surface area contributed by atoms with Crippen LogP contribution in [-0.4, -0.2) is 21.4 Å². The summed E-state index contributed by atoms with van der Waals surface area (Å²) in [7, 11) is 1.96. The van der Waals surface area contributed by atoms with Crippen LogP contribution in [0.25, 0.3) is 0 Å². The molecule has 19 heavy (non-hydrogen) atoms. The quantitative estimate of drug-likeness (QED) is 0.885. The molecule has 0 spiro atoms. The smallest absolute Gasteiger partial charge is 0.174 e. The summed E-state index contributed by atoms with van der Waals surface area (Å²) >= 11 is 3.07. The third-order valence-electron chi connectivity index (χ3n) is 2.84. The standard InChI is InChI=1S/C13H18N4S2/c1-4-10(14-3)11-7-6-9(8-15-11)18-13-16-12(5-2)17-19-13/h6-8,10,14H,4-5H2,1-3H3. The fourth-order valence-corrected chi connectivity index (χ4v) is 3.39. The van der Waals surface area contributed by atoms with Crippen LogP contribution >= 0.6 is 23.3 Å². The van der Waals surface area contributed by atoms with Crippen molar-refractivity contribution in [3.05, 3.63) is 29.8 Å². The summed E-state index contributed by atoms with van der Waals surface area (Å²) in [4.78, 5) is 10.1. The Morgan fingerprint density at radius 3 is 2.74 bits per heavy atom. The van der Waals surface area contributed by atoms with Gasteiger partial charge in [0.15, 0.2) is 4.34 Å². The largest absolute Gasteiger partial charge is 0.312 e. The second kappa shape index (κ2) is 6.98. The van der Waals surface area contributed by atoms with Gasteiger partial charge in [0.25, 0.3) is 0 Å². The van der Waals surface area contributed by atoms with Crippen molar-refractivity contribution in [2.24, 2.45) is 0 Å². The van der Waals surface area contributed by atoms with Gasteiger partial charge in [-0.15, -0.1) is 0 Å². The van der Waals surface area contributed by atoms with Crippen LogP contribution in [0.2, 0.25) is 0 Å². The predicted octanol–water partition coefficient (Wildman–Crippen LogP) is 3.32. The fourth-order valence-electron chi connectivity index (χ4n) is 1.74. The lowest BCUT2D eigenvalue weighted by Gasteiger charge is -2.12. The Labute approximate surface area is 122 Å². The molecule has 0 aliphatic heterocycles. The minimum atomic E-state index is 0.326. The summed E-state index contributed by atoms with van der Waals surface area (Å²) in [5.41, 5.74) is 1.08. The Balaban J connectivity index is 2.06. The van der Waals surface area contributed by atoms with E-state index in [0.29, 0.717) is 6.04 Å². The Morgan fingerprint density at radius 1 is 1.37 bits per heavy atom. The molecular formula is C13H18N4S2. The Kier molecular flexibility index (Phi) is 5.30. The highest BCUT2D eigenvalue weighted by Gasteiger charge is 2.09. The van der Waals surface area contributed by atoms with Gasteiger partial charge in [0.2, 0.25) is 0 Å².